The molecule has 0 radical (unpaired) electrons. The number of nitrogens with one attached hydrogen (secondary N) is 2. The highest BCUT2D eigenvalue weighted by atomic mass is 35.5. The van der Waals surface area contributed by atoms with Crippen molar-refractivity contribution in [2.24, 2.45) is 4.99 Å². The lowest BCUT2D eigenvalue weighted by Crippen LogP contribution is -2.39. The first kappa shape index (κ1) is 19.1. The summed E-state index contributed by atoms with van der Waals surface area (Å²) in [6, 6.07) is 8.65. The maximum Gasteiger partial charge on any atom is 0.191 e. The smallest absolute Gasteiger partial charge is 0.191 e. The SMILES string of the molecule is CN=C(NCCCCN1CCCCC1C)NCc1ccc(Cl)cc1. The van der Waals surface area contributed by atoms with Crippen LogP contribution in [0.3, 0.4) is 0 Å². The lowest BCUT2D eigenvalue weighted by molar-refractivity contribution is 0.158. The number of piperidine rings is 1. The third kappa shape index (κ3) is 6.70. The van der Waals surface area contributed by atoms with Crippen LogP contribution in [0.25, 0.3) is 0 Å². The summed E-state index contributed by atoms with van der Waals surface area (Å²) in [5, 5.41) is 7.50. The summed E-state index contributed by atoms with van der Waals surface area (Å²) in [6.45, 7) is 6.57. The molecular weight excluding hydrogens is 320 g/mol. The van der Waals surface area contributed by atoms with Crippen LogP contribution in [0.2, 0.25) is 5.02 Å². The van der Waals surface area contributed by atoms with E-state index in [9.17, 15) is 0 Å². The third-order valence-corrected chi connectivity index (χ3v) is 4.95. The Morgan fingerprint density at radius 3 is 2.71 bits per heavy atom. The molecule has 134 valence electrons. The first-order valence-corrected chi connectivity index (χ1v) is 9.50. The molecule has 0 bridgehead atoms. The Bertz CT molecular complexity index is 501. The molecule has 5 heteroatoms. The minimum Gasteiger partial charge on any atom is -0.356 e. The fourth-order valence-electron chi connectivity index (χ4n) is 3.15. The zero-order valence-corrected chi connectivity index (χ0v) is 15.8. The van der Waals surface area contributed by atoms with E-state index in [1.165, 1.54) is 50.8 Å². The summed E-state index contributed by atoms with van der Waals surface area (Å²) in [6.07, 6.45) is 6.54. The Morgan fingerprint density at radius 2 is 2.00 bits per heavy atom. The van der Waals surface area contributed by atoms with Crippen molar-refractivity contribution >= 4 is 17.6 Å². The first-order chi connectivity index (χ1) is 11.7. The predicted octanol–water partition coefficient (Wildman–Crippen LogP) is 3.66. The van der Waals surface area contributed by atoms with Crippen LogP contribution in [0.4, 0.5) is 0 Å². The van der Waals surface area contributed by atoms with Gasteiger partial charge in [-0.05, 0) is 63.4 Å². The topological polar surface area (TPSA) is 39.7 Å². The van der Waals surface area contributed by atoms with Gasteiger partial charge in [0.1, 0.15) is 0 Å². The van der Waals surface area contributed by atoms with Crippen LogP contribution in [-0.2, 0) is 6.54 Å². The molecule has 1 aromatic rings. The van der Waals surface area contributed by atoms with Crippen molar-refractivity contribution in [2.45, 2.75) is 51.6 Å². The fraction of sp³-hybridized carbons (Fsp3) is 0.632. The Hall–Kier alpha value is -1.26. The van der Waals surface area contributed by atoms with E-state index in [-0.39, 0.29) is 0 Å². The van der Waals surface area contributed by atoms with Crippen LogP contribution >= 0.6 is 11.6 Å². The zero-order valence-electron chi connectivity index (χ0n) is 15.0. The largest absolute Gasteiger partial charge is 0.356 e. The average molecular weight is 351 g/mol. The van der Waals surface area contributed by atoms with Gasteiger partial charge in [-0.3, -0.25) is 4.99 Å². The summed E-state index contributed by atoms with van der Waals surface area (Å²) in [4.78, 5) is 6.91. The molecule has 4 nitrogen and oxygen atoms in total. The van der Waals surface area contributed by atoms with Crippen molar-refractivity contribution in [3.05, 3.63) is 34.9 Å². The number of guanidine groups is 1. The van der Waals surface area contributed by atoms with Crippen LogP contribution in [0, 0.1) is 0 Å². The predicted molar refractivity (Wildman–Crippen MR) is 104 cm³/mol. The molecule has 0 amide bonds. The lowest BCUT2D eigenvalue weighted by Gasteiger charge is -2.33. The molecule has 0 aliphatic carbocycles. The average Bonchev–Trinajstić information content (AvgIpc) is 2.60. The van der Waals surface area contributed by atoms with Crippen molar-refractivity contribution in [3.8, 4) is 0 Å². The fourth-order valence-corrected chi connectivity index (χ4v) is 3.27. The Morgan fingerprint density at radius 1 is 1.21 bits per heavy atom. The second-order valence-corrected chi connectivity index (χ2v) is 7.00. The molecule has 1 fully saturated rings. The number of likely N-dealkylation sites (tertiary alicyclic amines) is 1. The molecular formula is C19H31ClN4. The second-order valence-electron chi connectivity index (χ2n) is 6.57. The van der Waals surface area contributed by atoms with Crippen molar-refractivity contribution in [1.82, 2.24) is 15.5 Å². The number of halogens is 1. The summed E-state index contributed by atoms with van der Waals surface area (Å²) in [5.74, 6) is 0.858. The van der Waals surface area contributed by atoms with Crippen LogP contribution in [0.1, 0.15) is 44.6 Å². The molecule has 1 aliphatic rings. The van der Waals surface area contributed by atoms with E-state index >= 15 is 0 Å². The third-order valence-electron chi connectivity index (χ3n) is 4.70. The number of hydrogen-bond acceptors (Lipinski definition) is 2. The molecule has 0 spiro atoms. The van der Waals surface area contributed by atoms with Gasteiger partial charge in [-0.15, -0.1) is 0 Å². The van der Waals surface area contributed by atoms with Gasteiger partial charge in [0, 0.05) is 31.2 Å². The van der Waals surface area contributed by atoms with Crippen molar-refractivity contribution in [2.75, 3.05) is 26.7 Å². The zero-order chi connectivity index (χ0) is 17.2. The molecule has 2 rings (SSSR count). The highest BCUT2D eigenvalue weighted by Crippen LogP contribution is 2.16. The molecule has 1 aromatic carbocycles. The van der Waals surface area contributed by atoms with Crippen LogP contribution in [0.15, 0.2) is 29.3 Å². The van der Waals surface area contributed by atoms with Crippen molar-refractivity contribution < 1.29 is 0 Å². The molecule has 0 aromatic heterocycles. The second kappa shape index (κ2) is 10.6. The molecule has 1 aliphatic heterocycles. The molecule has 1 unspecified atom stereocenters. The first-order valence-electron chi connectivity index (χ1n) is 9.12. The highest BCUT2D eigenvalue weighted by Gasteiger charge is 2.16. The van der Waals surface area contributed by atoms with Crippen molar-refractivity contribution in [1.29, 1.82) is 0 Å². The van der Waals surface area contributed by atoms with Gasteiger partial charge in [-0.2, -0.15) is 0 Å². The monoisotopic (exact) mass is 350 g/mol. The van der Waals surface area contributed by atoms with E-state index in [4.69, 9.17) is 11.6 Å². The molecule has 0 saturated carbocycles. The molecule has 1 saturated heterocycles. The van der Waals surface area contributed by atoms with Gasteiger partial charge in [-0.1, -0.05) is 30.2 Å². The summed E-state index contributed by atoms with van der Waals surface area (Å²) in [7, 11) is 1.81. The molecule has 1 heterocycles. The van der Waals surface area contributed by atoms with Crippen molar-refractivity contribution in [3.63, 3.8) is 0 Å². The molecule has 1 atom stereocenters. The maximum absolute atomic E-state index is 5.91. The van der Waals surface area contributed by atoms with Crippen LogP contribution in [-0.4, -0.2) is 43.6 Å². The van der Waals surface area contributed by atoms with Gasteiger partial charge in [0.25, 0.3) is 0 Å². The number of hydrogen-bond donors (Lipinski definition) is 2. The van der Waals surface area contributed by atoms with Crippen LogP contribution in [0.5, 0.6) is 0 Å². The standard InChI is InChI=1S/C19H31ClN4/c1-16-7-3-5-13-24(16)14-6-4-12-22-19(21-2)23-15-17-8-10-18(20)11-9-17/h8-11,16H,3-7,12-15H2,1-2H3,(H2,21,22,23). The Balaban J connectivity index is 1.58. The van der Waals surface area contributed by atoms with Gasteiger partial charge in [0.15, 0.2) is 5.96 Å². The van der Waals surface area contributed by atoms with E-state index in [0.29, 0.717) is 0 Å². The molecule has 2 N–H and O–H groups in total. The molecule has 24 heavy (non-hydrogen) atoms. The summed E-state index contributed by atoms with van der Waals surface area (Å²) in [5.41, 5.74) is 1.20. The van der Waals surface area contributed by atoms with E-state index < -0.39 is 0 Å². The number of benzene rings is 1. The number of aliphatic imine (C=N–C) groups is 1. The lowest BCUT2D eigenvalue weighted by atomic mass is 10.0. The normalized spacial score (nSPS) is 19.3. The van der Waals surface area contributed by atoms with E-state index in [1.807, 2.05) is 31.3 Å². The van der Waals surface area contributed by atoms with Gasteiger partial charge in [0.2, 0.25) is 0 Å². The number of nitrogens with zero attached hydrogens (tertiary/aromatic N) is 2. The summed E-state index contributed by atoms with van der Waals surface area (Å²) < 4.78 is 0. The Labute approximate surface area is 151 Å². The van der Waals surface area contributed by atoms with Crippen LogP contribution < -0.4 is 10.6 Å². The maximum atomic E-state index is 5.91. The minimum absolute atomic E-state index is 0.752. The van der Waals surface area contributed by atoms with Gasteiger partial charge >= 0.3 is 0 Å². The highest BCUT2D eigenvalue weighted by molar-refractivity contribution is 6.30. The van der Waals surface area contributed by atoms with E-state index in [1.54, 1.807) is 0 Å². The Kier molecular flexibility index (Phi) is 8.40. The van der Waals surface area contributed by atoms with E-state index in [2.05, 4.69) is 27.4 Å². The van der Waals surface area contributed by atoms with Gasteiger partial charge in [-0.25, -0.2) is 0 Å². The summed E-state index contributed by atoms with van der Waals surface area (Å²) >= 11 is 5.91. The number of unbranched alkanes of at least 4 members (excludes halogenated alkanes) is 1. The quantitative estimate of drug-likeness (QED) is 0.448. The van der Waals surface area contributed by atoms with Gasteiger partial charge < -0.3 is 15.5 Å². The minimum atomic E-state index is 0.752. The van der Waals surface area contributed by atoms with E-state index in [0.717, 1.165) is 30.1 Å². The number of rotatable bonds is 7. The van der Waals surface area contributed by atoms with Gasteiger partial charge in [0.05, 0.1) is 0 Å².